The van der Waals surface area contributed by atoms with Crippen molar-refractivity contribution in [3.05, 3.63) is 41.6 Å². The van der Waals surface area contributed by atoms with Crippen LogP contribution in [0.25, 0.3) is 0 Å². The third kappa shape index (κ3) is 3.01. The lowest BCUT2D eigenvalue weighted by atomic mass is 10.1. The molecule has 2 rings (SSSR count). The van der Waals surface area contributed by atoms with Crippen LogP contribution in [0.5, 0.6) is 0 Å². The maximum atomic E-state index is 5.54. The van der Waals surface area contributed by atoms with Crippen molar-refractivity contribution < 1.29 is 4.42 Å². The number of furan rings is 1. The first-order valence-corrected chi connectivity index (χ1v) is 6.35. The van der Waals surface area contributed by atoms with E-state index in [1.807, 2.05) is 29.9 Å². The molecule has 0 aromatic carbocycles. The molecule has 0 fully saturated rings. The zero-order valence-electron chi connectivity index (χ0n) is 11.5. The van der Waals surface area contributed by atoms with E-state index in [9.17, 15) is 0 Å². The second-order valence-electron chi connectivity index (χ2n) is 4.92. The maximum Gasteiger partial charge on any atom is 0.117 e. The Labute approximate surface area is 108 Å². The van der Waals surface area contributed by atoms with Crippen LogP contribution in [0.1, 0.15) is 37.0 Å². The van der Waals surface area contributed by atoms with Crippen molar-refractivity contribution in [2.24, 2.45) is 0 Å². The lowest BCUT2D eigenvalue weighted by Gasteiger charge is -2.21. The fourth-order valence-corrected chi connectivity index (χ4v) is 1.90. The summed E-state index contributed by atoms with van der Waals surface area (Å²) in [6.45, 7) is 9.09. The molecule has 0 aliphatic rings. The average molecular weight is 247 g/mol. The predicted octanol–water partition coefficient (Wildman–Crippen LogP) is 2.83. The Balaban J connectivity index is 1.89. The number of aryl methyl sites for hydroxylation is 2. The summed E-state index contributed by atoms with van der Waals surface area (Å²) in [5, 5.41) is 7.81. The summed E-state index contributed by atoms with van der Waals surface area (Å²) in [6, 6.07) is 4.64. The molecule has 0 aliphatic heterocycles. The fourth-order valence-electron chi connectivity index (χ4n) is 1.90. The van der Waals surface area contributed by atoms with Crippen LogP contribution in [0.4, 0.5) is 0 Å². The zero-order valence-corrected chi connectivity index (χ0v) is 11.5. The number of rotatable bonds is 5. The Kier molecular flexibility index (Phi) is 3.87. The molecule has 0 bridgehead atoms. The quantitative estimate of drug-likeness (QED) is 0.883. The molecule has 2 heterocycles. The smallest absolute Gasteiger partial charge is 0.117 e. The van der Waals surface area contributed by atoms with Gasteiger partial charge in [0.15, 0.2) is 0 Å². The minimum Gasteiger partial charge on any atom is -0.465 e. The average Bonchev–Trinajstić information content (AvgIpc) is 2.94. The van der Waals surface area contributed by atoms with Crippen molar-refractivity contribution in [1.82, 2.24) is 15.1 Å². The van der Waals surface area contributed by atoms with Crippen molar-refractivity contribution >= 4 is 0 Å². The Morgan fingerprint density at radius 2 is 2.11 bits per heavy atom. The highest BCUT2D eigenvalue weighted by atomic mass is 16.3. The molecule has 0 saturated carbocycles. The highest BCUT2D eigenvalue weighted by molar-refractivity contribution is 5.05. The van der Waals surface area contributed by atoms with E-state index in [-0.39, 0.29) is 0 Å². The summed E-state index contributed by atoms with van der Waals surface area (Å²) in [5.74, 6) is 1.93. The largest absolute Gasteiger partial charge is 0.465 e. The van der Waals surface area contributed by atoms with Gasteiger partial charge in [-0.3, -0.25) is 4.68 Å². The second-order valence-corrected chi connectivity index (χ2v) is 4.92. The molecule has 98 valence electrons. The van der Waals surface area contributed by atoms with Crippen molar-refractivity contribution in [2.45, 2.75) is 46.3 Å². The van der Waals surface area contributed by atoms with E-state index in [1.165, 1.54) is 5.56 Å². The number of nitrogens with one attached hydrogen (secondary N) is 1. The summed E-state index contributed by atoms with van der Waals surface area (Å²) in [5.41, 5.74) is 1.19. The van der Waals surface area contributed by atoms with Crippen LogP contribution < -0.4 is 5.32 Å². The third-order valence-electron chi connectivity index (χ3n) is 3.27. The Hall–Kier alpha value is -1.55. The van der Waals surface area contributed by atoms with Crippen LogP contribution in [-0.4, -0.2) is 15.8 Å². The number of hydrogen-bond acceptors (Lipinski definition) is 3. The van der Waals surface area contributed by atoms with E-state index in [0.717, 1.165) is 18.1 Å². The molecule has 0 radical (unpaired) electrons. The van der Waals surface area contributed by atoms with Gasteiger partial charge in [-0.1, -0.05) is 0 Å². The first-order valence-electron chi connectivity index (χ1n) is 6.35. The van der Waals surface area contributed by atoms with Gasteiger partial charge in [0.05, 0.1) is 18.8 Å². The van der Waals surface area contributed by atoms with Crippen LogP contribution in [0.3, 0.4) is 0 Å². The van der Waals surface area contributed by atoms with Crippen LogP contribution >= 0.6 is 0 Å². The highest BCUT2D eigenvalue weighted by Gasteiger charge is 2.14. The Morgan fingerprint density at radius 1 is 1.33 bits per heavy atom. The van der Waals surface area contributed by atoms with Gasteiger partial charge in [0.1, 0.15) is 11.5 Å². The lowest BCUT2D eigenvalue weighted by Crippen LogP contribution is -2.33. The first kappa shape index (κ1) is 12.9. The van der Waals surface area contributed by atoms with Gasteiger partial charge in [0.2, 0.25) is 0 Å². The van der Waals surface area contributed by atoms with Gasteiger partial charge in [0, 0.05) is 12.2 Å². The molecule has 2 aromatic rings. The normalized spacial score (nSPS) is 14.7. The van der Waals surface area contributed by atoms with E-state index >= 15 is 0 Å². The van der Waals surface area contributed by atoms with Crippen molar-refractivity contribution in [3.63, 3.8) is 0 Å². The van der Waals surface area contributed by atoms with Crippen molar-refractivity contribution in [1.29, 1.82) is 0 Å². The van der Waals surface area contributed by atoms with Crippen LogP contribution in [0.2, 0.25) is 0 Å². The Morgan fingerprint density at radius 3 is 2.67 bits per heavy atom. The van der Waals surface area contributed by atoms with Gasteiger partial charge in [-0.25, -0.2) is 0 Å². The van der Waals surface area contributed by atoms with Crippen molar-refractivity contribution in [3.8, 4) is 0 Å². The number of aromatic nitrogens is 2. The molecule has 0 unspecified atom stereocenters. The third-order valence-corrected chi connectivity index (χ3v) is 3.27. The zero-order chi connectivity index (χ0) is 13.1. The van der Waals surface area contributed by atoms with Gasteiger partial charge >= 0.3 is 0 Å². The minimum absolute atomic E-state index is 0.315. The van der Waals surface area contributed by atoms with Gasteiger partial charge in [0.25, 0.3) is 0 Å². The van der Waals surface area contributed by atoms with Crippen LogP contribution in [0, 0.1) is 13.8 Å². The van der Waals surface area contributed by atoms with Crippen molar-refractivity contribution in [2.75, 3.05) is 0 Å². The monoisotopic (exact) mass is 247 g/mol. The standard InChI is InChI=1S/C14H21N3O/c1-10-7-16-17(9-10)13(4)12(3)15-8-14-6-5-11(2)18-14/h5-7,9,12-13,15H,8H2,1-4H3/t12-,13-/m1/s1. The van der Waals surface area contributed by atoms with E-state index in [2.05, 4.69) is 37.4 Å². The summed E-state index contributed by atoms with van der Waals surface area (Å²) in [7, 11) is 0. The van der Waals surface area contributed by atoms with E-state index in [0.29, 0.717) is 12.1 Å². The predicted molar refractivity (Wildman–Crippen MR) is 71.4 cm³/mol. The number of nitrogens with zero attached hydrogens (tertiary/aromatic N) is 2. The van der Waals surface area contributed by atoms with E-state index in [4.69, 9.17) is 4.42 Å². The molecule has 4 nitrogen and oxygen atoms in total. The number of hydrogen-bond donors (Lipinski definition) is 1. The summed E-state index contributed by atoms with van der Waals surface area (Å²) in [6.07, 6.45) is 3.96. The van der Waals surface area contributed by atoms with Gasteiger partial charge < -0.3 is 9.73 Å². The molecule has 2 atom stereocenters. The van der Waals surface area contributed by atoms with Crippen LogP contribution in [-0.2, 0) is 6.54 Å². The van der Waals surface area contributed by atoms with Crippen LogP contribution in [0.15, 0.2) is 28.9 Å². The molecule has 0 spiro atoms. The topological polar surface area (TPSA) is 43.0 Å². The summed E-state index contributed by atoms with van der Waals surface area (Å²) in [4.78, 5) is 0. The van der Waals surface area contributed by atoms with Gasteiger partial charge in [-0.15, -0.1) is 0 Å². The molecule has 18 heavy (non-hydrogen) atoms. The molecule has 2 aromatic heterocycles. The molecule has 1 N–H and O–H groups in total. The maximum absolute atomic E-state index is 5.54. The molecule has 0 amide bonds. The second kappa shape index (κ2) is 5.40. The molecule has 0 saturated heterocycles. The Bertz CT molecular complexity index is 501. The molecular formula is C14H21N3O. The molecular weight excluding hydrogens is 226 g/mol. The molecule has 0 aliphatic carbocycles. The summed E-state index contributed by atoms with van der Waals surface area (Å²) < 4.78 is 7.54. The first-order chi connectivity index (χ1) is 8.56. The van der Waals surface area contributed by atoms with Gasteiger partial charge in [-0.05, 0) is 45.4 Å². The van der Waals surface area contributed by atoms with Gasteiger partial charge in [-0.2, -0.15) is 5.10 Å². The summed E-state index contributed by atoms with van der Waals surface area (Å²) >= 11 is 0. The van der Waals surface area contributed by atoms with E-state index in [1.54, 1.807) is 0 Å². The molecule has 4 heteroatoms. The highest BCUT2D eigenvalue weighted by Crippen LogP contribution is 2.12. The van der Waals surface area contributed by atoms with E-state index < -0.39 is 0 Å². The lowest BCUT2D eigenvalue weighted by molar-refractivity contribution is 0.349. The SMILES string of the molecule is Cc1cnn([C@H](C)[C@@H](C)NCc2ccc(C)o2)c1. The minimum atomic E-state index is 0.315. The fraction of sp³-hybridized carbons (Fsp3) is 0.500.